The average molecular weight is 439 g/mol. The summed E-state index contributed by atoms with van der Waals surface area (Å²) in [4.78, 5) is 29.9. The number of hydrogen-bond donors (Lipinski definition) is 2. The number of benzene rings is 2. The Bertz CT molecular complexity index is 1030. The Morgan fingerprint density at radius 1 is 1.12 bits per heavy atom. The van der Waals surface area contributed by atoms with Crippen molar-refractivity contribution in [2.24, 2.45) is 5.92 Å². The molecule has 8 heteroatoms. The van der Waals surface area contributed by atoms with Crippen LogP contribution in [0, 0.1) is 11.7 Å². The highest BCUT2D eigenvalue weighted by molar-refractivity contribution is 5.98. The number of carbonyl (C=O) groups is 2. The van der Waals surface area contributed by atoms with Gasteiger partial charge >= 0.3 is 6.03 Å². The number of rotatable bonds is 3. The van der Waals surface area contributed by atoms with E-state index >= 15 is 0 Å². The van der Waals surface area contributed by atoms with E-state index in [0.717, 1.165) is 11.3 Å². The van der Waals surface area contributed by atoms with Crippen LogP contribution in [0.1, 0.15) is 24.3 Å². The number of aliphatic hydroxyl groups is 1. The normalized spacial score (nSPS) is 24.9. The van der Waals surface area contributed by atoms with Crippen molar-refractivity contribution in [3.8, 4) is 0 Å². The number of likely N-dealkylation sites (tertiary alicyclic amines) is 1. The Morgan fingerprint density at radius 3 is 2.66 bits per heavy atom. The largest absolute Gasteiger partial charge is 0.394 e. The van der Waals surface area contributed by atoms with Crippen LogP contribution in [-0.4, -0.2) is 60.4 Å². The molecule has 3 aliphatic heterocycles. The van der Waals surface area contributed by atoms with Gasteiger partial charge in [-0.25, -0.2) is 9.18 Å². The van der Waals surface area contributed by atoms with Crippen molar-refractivity contribution in [1.82, 2.24) is 4.90 Å². The lowest BCUT2D eigenvalue weighted by Crippen LogP contribution is -2.71. The number of nitrogens with one attached hydrogen (secondary N) is 1. The Morgan fingerprint density at radius 2 is 1.91 bits per heavy atom. The second-order valence-electron chi connectivity index (χ2n) is 8.59. The fourth-order valence-corrected chi connectivity index (χ4v) is 5.29. The standard InChI is InChI=1S/C24H26FN3O4/c25-16-4-3-5-17(12-16)26-24(31)28-20-13-27(23(30)15-8-10-32-11-9-15)19-7-2-1-6-18(19)22(20)21(28)14-29/h1-7,12,15,20-22,29H,8-11,13-14H2,(H,26,31)/t20-,21+,22+/m1/s1. The lowest BCUT2D eigenvalue weighted by atomic mass is 9.72. The molecule has 0 unspecified atom stereocenters. The summed E-state index contributed by atoms with van der Waals surface area (Å²) in [7, 11) is 0. The van der Waals surface area contributed by atoms with Crippen molar-refractivity contribution < 1.29 is 23.8 Å². The third-order valence-electron chi connectivity index (χ3n) is 6.83. The van der Waals surface area contributed by atoms with Crippen LogP contribution in [0.15, 0.2) is 48.5 Å². The molecule has 3 atom stereocenters. The van der Waals surface area contributed by atoms with E-state index in [9.17, 15) is 19.1 Å². The monoisotopic (exact) mass is 439 g/mol. The molecule has 2 N–H and O–H groups in total. The number of amides is 3. The molecule has 2 aromatic carbocycles. The first kappa shape index (κ1) is 20.9. The van der Waals surface area contributed by atoms with E-state index in [1.54, 1.807) is 15.9 Å². The van der Waals surface area contributed by atoms with Gasteiger partial charge in [-0.15, -0.1) is 0 Å². The summed E-state index contributed by atoms with van der Waals surface area (Å²) in [6.45, 7) is 1.32. The zero-order valence-electron chi connectivity index (χ0n) is 17.6. The zero-order valence-corrected chi connectivity index (χ0v) is 17.6. The van der Waals surface area contributed by atoms with Gasteiger partial charge in [0.15, 0.2) is 0 Å². The molecule has 168 valence electrons. The van der Waals surface area contributed by atoms with Gasteiger partial charge in [0.25, 0.3) is 0 Å². The fraction of sp³-hybridized carbons (Fsp3) is 0.417. The maximum absolute atomic E-state index is 13.6. The molecule has 2 fully saturated rings. The Kier molecular flexibility index (Phi) is 5.57. The summed E-state index contributed by atoms with van der Waals surface area (Å²) in [6.07, 6.45) is 1.38. The molecule has 7 nitrogen and oxygen atoms in total. The van der Waals surface area contributed by atoms with Gasteiger partial charge in [0.2, 0.25) is 5.91 Å². The van der Waals surface area contributed by atoms with Crippen LogP contribution in [0.2, 0.25) is 0 Å². The molecular formula is C24H26FN3O4. The molecule has 32 heavy (non-hydrogen) atoms. The predicted molar refractivity (Wildman–Crippen MR) is 117 cm³/mol. The molecule has 0 saturated carbocycles. The summed E-state index contributed by atoms with van der Waals surface area (Å²) in [6, 6.07) is 12.4. The lowest BCUT2D eigenvalue weighted by Gasteiger charge is -2.58. The highest BCUT2D eigenvalue weighted by Crippen LogP contribution is 2.48. The molecule has 3 amide bonds. The first-order valence-electron chi connectivity index (χ1n) is 11.0. The molecule has 0 spiro atoms. The van der Waals surface area contributed by atoms with Crippen LogP contribution >= 0.6 is 0 Å². The number of aliphatic hydroxyl groups excluding tert-OH is 1. The highest BCUT2D eigenvalue weighted by Gasteiger charge is 2.55. The molecule has 5 rings (SSSR count). The first-order chi connectivity index (χ1) is 15.6. The Hall–Kier alpha value is -2.97. The quantitative estimate of drug-likeness (QED) is 0.771. The van der Waals surface area contributed by atoms with Crippen LogP contribution in [0.4, 0.5) is 20.6 Å². The minimum Gasteiger partial charge on any atom is -0.394 e. The average Bonchev–Trinajstić information content (AvgIpc) is 2.79. The zero-order chi connectivity index (χ0) is 22.2. The second-order valence-corrected chi connectivity index (χ2v) is 8.59. The number of halogens is 1. The molecule has 2 saturated heterocycles. The third kappa shape index (κ3) is 3.53. The smallest absolute Gasteiger partial charge is 0.322 e. The minimum absolute atomic E-state index is 0.0529. The predicted octanol–water partition coefficient (Wildman–Crippen LogP) is 2.96. The first-order valence-corrected chi connectivity index (χ1v) is 11.0. The third-order valence-corrected chi connectivity index (χ3v) is 6.83. The van der Waals surface area contributed by atoms with Gasteiger partial charge in [0.05, 0.1) is 18.7 Å². The van der Waals surface area contributed by atoms with E-state index in [4.69, 9.17) is 4.74 Å². The number of hydrogen-bond acceptors (Lipinski definition) is 4. The highest BCUT2D eigenvalue weighted by atomic mass is 19.1. The fourth-order valence-electron chi connectivity index (χ4n) is 5.29. The van der Waals surface area contributed by atoms with Gasteiger partial charge in [-0.1, -0.05) is 24.3 Å². The van der Waals surface area contributed by atoms with Crippen molar-refractivity contribution >= 4 is 23.3 Å². The topological polar surface area (TPSA) is 82.1 Å². The van der Waals surface area contributed by atoms with Crippen molar-refractivity contribution in [2.75, 3.05) is 36.6 Å². The number of nitrogens with zero attached hydrogens (tertiary/aromatic N) is 2. The number of ether oxygens (including phenoxy) is 1. The molecular weight excluding hydrogens is 413 g/mol. The van der Waals surface area contributed by atoms with E-state index in [0.29, 0.717) is 38.3 Å². The molecule has 0 bridgehead atoms. The number of fused-ring (bicyclic) bond motifs is 3. The minimum atomic E-state index is -0.442. The van der Waals surface area contributed by atoms with Gasteiger partial charge in [0.1, 0.15) is 5.82 Å². The van der Waals surface area contributed by atoms with Crippen LogP contribution in [0.5, 0.6) is 0 Å². The van der Waals surface area contributed by atoms with Gasteiger partial charge in [-0.2, -0.15) is 0 Å². The summed E-state index contributed by atoms with van der Waals surface area (Å²) in [5.74, 6) is -0.551. The summed E-state index contributed by atoms with van der Waals surface area (Å²) in [5.41, 5.74) is 2.17. The molecule has 0 radical (unpaired) electrons. The second kappa shape index (κ2) is 8.52. The SMILES string of the molecule is O=C(C1CCOCC1)N1C[C@@H]2[C@H](c3ccccc31)[C@H](CO)N2C(=O)Nc1cccc(F)c1. The maximum atomic E-state index is 13.6. The van der Waals surface area contributed by atoms with E-state index < -0.39 is 17.9 Å². The molecule has 0 aromatic heterocycles. The number of anilines is 2. The summed E-state index contributed by atoms with van der Waals surface area (Å²) >= 11 is 0. The van der Waals surface area contributed by atoms with Crippen LogP contribution in [-0.2, 0) is 9.53 Å². The van der Waals surface area contributed by atoms with E-state index in [-0.39, 0.29) is 30.4 Å². The Labute approximate surface area is 185 Å². The molecule has 3 aliphatic rings. The van der Waals surface area contributed by atoms with Gasteiger partial charge in [0, 0.05) is 43.0 Å². The summed E-state index contributed by atoms with van der Waals surface area (Å²) in [5, 5.41) is 12.8. The number of para-hydroxylation sites is 1. The summed E-state index contributed by atoms with van der Waals surface area (Å²) < 4.78 is 19.0. The van der Waals surface area contributed by atoms with Crippen molar-refractivity contribution in [1.29, 1.82) is 0 Å². The Balaban J connectivity index is 1.43. The van der Waals surface area contributed by atoms with Crippen molar-refractivity contribution in [2.45, 2.75) is 30.8 Å². The molecule has 3 heterocycles. The van der Waals surface area contributed by atoms with Gasteiger partial charge in [-0.05, 0) is 42.7 Å². The maximum Gasteiger partial charge on any atom is 0.322 e. The van der Waals surface area contributed by atoms with E-state index in [1.165, 1.54) is 18.2 Å². The van der Waals surface area contributed by atoms with Crippen LogP contribution in [0.3, 0.4) is 0 Å². The number of carbonyl (C=O) groups excluding carboxylic acids is 2. The van der Waals surface area contributed by atoms with Gasteiger partial charge in [-0.3, -0.25) is 4.79 Å². The number of urea groups is 1. The van der Waals surface area contributed by atoms with Crippen LogP contribution < -0.4 is 10.2 Å². The van der Waals surface area contributed by atoms with Gasteiger partial charge < -0.3 is 25.0 Å². The van der Waals surface area contributed by atoms with Crippen molar-refractivity contribution in [3.05, 3.63) is 59.9 Å². The van der Waals surface area contributed by atoms with E-state index in [1.807, 2.05) is 24.3 Å². The van der Waals surface area contributed by atoms with Crippen LogP contribution in [0.25, 0.3) is 0 Å². The molecule has 2 aromatic rings. The lowest BCUT2D eigenvalue weighted by molar-refractivity contribution is -0.126. The van der Waals surface area contributed by atoms with E-state index in [2.05, 4.69) is 5.32 Å². The van der Waals surface area contributed by atoms with Crippen molar-refractivity contribution in [3.63, 3.8) is 0 Å². The molecule has 0 aliphatic carbocycles.